The lowest BCUT2D eigenvalue weighted by atomic mass is 9.92. The fraction of sp³-hybridized carbons (Fsp3) is 0. The quantitative estimate of drug-likeness (QED) is 0.171. The normalized spacial score (nSPS) is 11.6. The molecule has 56 heavy (non-hydrogen) atoms. The Hall–Kier alpha value is -7.21. The number of fused-ring (bicyclic) bond motifs is 6. The first-order chi connectivity index (χ1) is 27.7. The number of nitrogens with zero attached hydrogens (tertiary/aromatic N) is 3. The number of hydrogen-bond donors (Lipinski definition) is 0. The lowest BCUT2D eigenvalue weighted by molar-refractivity contribution is 0.670. The van der Waals surface area contributed by atoms with Crippen LogP contribution in [0.3, 0.4) is 0 Å². The van der Waals surface area contributed by atoms with Gasteiger partial charge in [0.2, 0.25) is 0 Å². The second-order valence-corrected chi connectivity index (χ2v) is 15.0. The van der Waals surface area contributed by atoms with Crippen molar-refractivity contribution in [3.8, 4) is 67.3 Å². The van der Waals surface area contributed by atoms with Crippen LogP contribution in [0.5, 0.6) is 0 Å². The molecule has 0 atom stereocenters. The van der Waals surface area contributed by atoms with Crippen molar-refractivity contribution in [1.82, 2.24) is 15.0 Å². The van der Waals surface area contributed by atoms with E-state index >= 15 is 0 Å². The summed E-state index contributed by atoms with van der Waals surface area (Å²) in [6, 6.07) is 61.7. The molecule has 4 nitrogen and oxygen atoms in total. The van der Waals surface area contributed by atoms with Crippen molar-refractivity contribution in [2.45, 2.75) is 0 Å². The molecule has 4 heterocycles. The molecule has 0 bridgehead atoms. The maximum absolute atomic E-state index is 6.74. The molecule has 0 saturated carbocycles. The number of rotatable bonds is 6. The van der Waals surface area contributed by atoms with Crippen molar-refractivity contribution >= 4 is 53.4 Å². The maximum Gasteiger partial charge on any atom is 0.160 e. The summed E-state index contributed by atoms with van der Waals surface area (Å²) in [5.41, 5.74) is 13.2. The van der Waals surface area contributed by atoms with Gasteiger partial charge in [0, 0.05) is 65.6 Å². The number of para-hydroxylation sites is 1. The van der Waals surface area contributed by atoms with Crippen molar-refractivity contribution in [2.24, 2.45) is 0 Å². The standard InChI is InChI=1S/C51H31N3OS/c1-2-10-34(11-3-1)43-30-44(54-51(53-43)36-25-19-32(20-26-36)37-12-9-29-52-31-37)35-23-21-33(22-24-35)38-27-28-40(49-41-13-4-6-16-45(41)55-50(38)49)39-15-8-18-47-48(39)42-14-5-7-17-46(42)56-47/h1-31H. The van der Waals surface area contributed by atoms with Crippen molar-refractivity contribution in [2.75, 3.05) is 0 Å². The highest BCUT2D eigenvalue weighted by molar-refractivity contribution is 7.25. The molecule has 0 unspecified atom stereocenters. The average molecular weight is 734 g/mol. The molecule has 0 aliphatic heterocycles. The van der Waals surface area contributed by atoms with Crippen LogP contribution in [0.4, 0.5) is 0 Å². The zero-order valence-corrected chi connectivity index (χ0v) is 30.9. The largest absolute Gasteiger partial charge is 0.455 e. The van der Waals surface area contributed by atoms with Crippen LogP contribution in [0.15, 0.2) is 193 Å². The third-order valence-electron chi connectivity index (χ3n) is 10.6. The van der Waals surface area contributed by atoms with Crippen LogP contribution in [0, 0.1) is 0 Å². The molecule has 0 saturated heterocycles. The van der Waals surface area contributed by atoms with E-state index in [0.29, 0.717) is 5.82 Å². The molecule has 11 aromatic rings. The summed E-state index contributed by atoms with van der Waals surface area (Å²) >= 11 is 1.85. The Kier molecular flexibility index (Phi) is 7.64. The van der Waals surface area contributed by atoms with E-state index in [1.165, 1.54) is 31.3 Å². The fourth-order valence-corrected chi connectivity index (χ4v) is 9.06. The minimum atomic E-state index is 0.677. The molecule has 0 aliphatic carbocycles. The summed E-state index contributed by atoms with van der Waals surface area (Å²) in [5, 5.41) is 4.82. The van der Waals surface area contributed by atoms with Gasteiger partial charge in [-0.05, 0) is 64.2 Å². The van der Waals surface area contributed by atoms with Crippen molar-refractivity contribution in [1.29, 1.82) is 0 Å². The number of furan rings is 1. The van der Waals surface area contributed by atoms with Gasteiger partial charge in [0.1, 0.15) is 11.2 Å². The summed E-state index contributed by atoms with van der Waals surface area (Å²) in [6.07, 6.45) is 3.67. The zero-order chi connectivity index (χ0) is 37.0. The van der Waals surface area contributed by atoms with E-state index in [0.717, 1.165) is 72.3 Å². The SMILES string of the molecule is c1ccc(-c2cc(-c3ccc(-c4ccc(-c5cccc6sc7ccccc7c56)c5c4oc4ccccc45)cc3)nc(-c3ccc(-c4cccnc4)cc3)n2)cc1. The Labute approximate surface area is 327 Å². The predicted molar refractivity (Wildman–Crippen MR) is 233 cm³/mol. The summed E-state index contributed by atoms with van der Waals surface area (Å²) in [4.78, 5) is 14.5. The molecule has 0 amide bonds. The maximum atomic E-state index is 6.74. The minimum absolute atomic E-state index is 0.677. The van der Waals surface area contributed by atoms with Crippen LogP contribution in [0.2, 0.25) is 0 Å². The molecule has 11 rings (SSSR count). The Morgan fingerprint density at radius 3 is 1.84 bits per heavy atom. The van der Waals surface area contributed by atoms with E-state index in [4.69, 9.17) is 14.4 Å². The average Bonchev–Trinajstić information content (AvgIpc) is 3.86. The van der Waals surface area contributed by atoms with Crippen molar-refractivity contribution < 1.29 is 4.42 Å². The Morgan fingerprint density at radius 1 is 0.411 bits per heavy atom. The van der Waals surface area contributed by atoms with E-state index < -0.39 is 0 Å². The van der Waals surface area contributed by atoms with Crippen LogP contribution in [0.1, 0.15) is 0 Å². The summed E-state index contributed by atoms with van der Waals surface area (Å²) in [6.45, 7) is 0. The fourth-order valence-electron chi connectivity index (χ4n) is 7.93. The highest BCUT2D eigenvalue weighted by Crippen LogP contribution is 2.46. The second kappa shape index (κ2) is 13.3. The highest BCUT2D eigenvalue weighted by atomic mass is 32.1. The topological polar surface area (TPSA) is 51.8 Å². The first kappa shape index (κ1) is 32.2. The first-order valence-corrected chi connectivity index (χ1v) is 19.5. The van der Waals surface area contributed by atoms with Crippen LogP contribution in [0.25, 0.3) is 109 Å². The van der Waals surface area contributed by atoms with E-state index in [-0.39, 0.29) is 0 Å². The van der Waals surface area contributed by atoms with E-state index in [2.05, 4.69) is 151 Å². The number of pyridine rings is 1. The molecule has 0 fully saturated rings. The number of thiophene rings is 1. The van der Waals surface area contributed by atoms with Gasteiger partial charge in [-0.3, -0.25) is 4.98 Å². The number of aromatic nitrogens is 3. The highest BCUT2D eigenvalue weighted by Gasteiger charge is 2.20. The second-order valence-electron chi connectivity index (χ2n) is 14.0. The minimum Gasteiger partial charge on any atom is -0.455 e. The monoisotopic (exact) mass is 733 g/mol. The zero-order valence-electron chi connectivity index (χ0n) is 30.1. The smallest absolute Gasteiger partial charge is 0.160 e. The lowest BCUT2D eigenvalue weighted by Gasteiger charge is -2.12. The van der Waals surface area contributed by atoms with Gasteiger partial charge < -0.3 is 4.42 Å². The van der Waals surface area contributed by atoms with Gasteiger partial charge in [-0.25, -0.2) is 9.97 Å². The molecular formula is C51H31N3OS. The van der Waals surface area contributed by atoms with Gasteiger partial charge >= 0.3 is 0 Å². The molecule has 0 aliphatic rings. The molecule has 0 N–H and O–H groups in total. The summed E-state index contributed by atoms with van der Waals surface area (Å²) < 4.78 is 9.32. The molecule has 7 aromatic carbocycles. The van der Waals surface area contributed by atoms with E-state index in [1.54, 1.807) is 6.20 Å². The Balaban J connectivity index is 1.02. The van der Waals surface area contributed by atoms with Crippen LogP contribution in [-0.4, -0.2) is 15.0 Å². The van der Waals surface area contributed by atoms with Crippen molar-refractivity contribution in [3.05, 3.63) is 188 Å². The lowest BCUT2D eigenvalue weighted by Crippen LogP contribution is -1.96. The Bertz CT molecular complexity index is 3220. The molecule has 262 valence electrons. The van der Waals surface area contributed by atoms with Crippen molar-refractivity contribution in [3.63, 3.8) is 0 Å². The van der Waals surface area contributed by atoms with Gasteiger partial charge in [-0.15, -0.1) is 11.3 Å². The van der Waals surface area contributed by atoms with Gasteiger partial charge in [0.05, 0.1) is 11.4 Å². The third-order valence-corrected chi connectivity index (χ3v) is 11.8. The van der Waals surface area contributed by atoms with Crippen LogP contribution in [-0.2, 0) is 0 Å². The number of benzene rings is 7. The summed E-state index contributed by atoms with van der Waals surface area (Å²) in [7, 11) is 0. The molecule has 4 aromatic heterocycles. The van der Waals surface area contributed by atoms with Gasteiger partial charge in [-0.1, -0.05) is 140 Å². The Morgan fingerprint density at radius 2 is 1.04 bits per heavy atom. The molecule has 0 spiro atoms. The van der Waals surface area contributed by atoms with Crippen LogP contribution < -0.4 is 0 Å². The van der Waals surface area contributed by atoms with Gasteiger partial charge in [0.25, 0.3) is 0 Å². The van der Waals surface area contributed by atoms with E-state index in [1.807, 2.05) is 47.9 Å². The third kappa shape index (κ3) is 5.48. The van der Waals surface area contributed by atoms with Gasteiger partial charge in [0.15, 0.2) is 5.82 Å². The summed E-state index contributed by atoms with van der Waals surface area (Å²) in [5.74, 6) is 0.677. The van der Waals surface area contributed by atoms with E-state index in [9.17, 15) is 0 Å². The van der Waals surface area contributed by atoms with Gasteiger partial charge in [-0.2, -0.15) is 0 Å². The first-order valence-electron chi connectivity index (χ1n) is 18.7. The predicted octanol–water partition coefficient (Wildman–Crippen LogP) is 14.1. The number of hydrogen-bond acceptors (Lipinski definition) is 5. The van der Waals surface area contributed by atoms with Crippen LogP contribution >= 0.6 is 11.3 Å². The molecule has 5 heteroatoms. The molecular weight excluding hydrogens is 703 g/mol. The molecule has 0 radical (unpaired) electrons.